The molecular formula is C12H14N2O3S. The van der Waals surface area contributed by atoms with E-state index in [-0.39, 0.29) is 10.6 Å². The summed E-state index contributed by atoms with van der Waals surface area (Å²) in [6.45, 7) is 1.86. The zero-order chi connectivity index (χ0) is 13.5. The number of allylic oxidation sites excluding steroid dienone is 1. The second kappa shape index (κ2) is 4.13. The Labute approximate surface area is 106 Å². The Morgan fingerprint density at radius 1 is 1.33 bits per heavy atom. The van der Waals surface area contributed by atoms with E-state index >= 15 is 0 Å². The number of likely N-dealkylation sites (N-methyl/N-ethyl adjacent to an activating group) is 1. The number of rotatable bonds is 2. The van der Waals surface area contributed by atoms with E-state index in [1.807, 2.05) is 6.92 Å². The van der Waals surface area contributed by atoms with Crippen LogP contribution < -0.4 is 5.73 Å². The number of carbonyl (C=O) groups excluding carboxylic acids is 1. The average Bonchev–Trinajstić information content (AvgIpc) is 2.33. The number of benzene rings is 1. The predicted molar refractivity (Wildman–Crippen MR) is 67.8 cm³/mol. The van der Waals surface area contributed by atoms with Crippen molar-refractivity contribution in [2.75, 3.05) is 7.05 Å². The maximum Gasteiger partial charge on any atom is 0.266 e. The van der Waals surface area contributed by atoms with Crippen LogP contribution in [0.3, 0.4) is 0 Å². The van der Waals surface area contributed by atoms with Gasteiger partial charge in [0.25, 0.3) is 15.9 Å². The molecule has 6 heteroatoms. The van der Waals surface area contributed by atoms with Crippen LogP contribution in [0.25, 0.3) is 5.57 Å². The first-order valence-electron chi connectivity index (χ1n) is 5.52. The van der Waals surface area contributed by atoms with Gasteiger partial charge >= 0.3 is 0 Å². The van der Waals surface area contributed by atoms with Gasteiger partial charge in [-0.05, 0) is 18.1 Å². The van der Waals surface area contributed by atoms with Crippen molar-refractivity contribution in [1.82, 2.24) is 4.31 Å². The molecule has 1 aliphatic rings. The molecule has 18 heavy (non-hydrogen) atoms. The number of hydrogen-bond donors (Lipinski definition) is 1. The first-order chi connectivity index (χ1) is 8.41. The van der Waals surface area contributed by atoms with Crippen LogP contribution in [0.1, 0.15) is 18.9 Å². The highest BCUT2D eigenvalue weighted by molar-refractivity contribution is 7.89. The van der Waals surface area contributed by atoms with Crippen molar-refractivity contribution in [2.24, 2.45) is 5.73 Å². The van der Waals surface area contributed by atoms with Gasteiger partial charge in [0.1, 0.15) is 5.70 Å². The van der Waals surface area contributed by atoms with E-state index in [1.165, 1.54) is 13.1 Å². The molecule has 1 amide bonds. The van der Waals surface area contributed by atoms with E-state index in [4.69, 9.17) is 5.73 Å². The van der Waals surface area contributed by atoms with Gasteiger partial charge in [-0.1, -0.05) is 25.1 Å². The summed E-state index contributed by atoms with van der Waals surface area (Å²) >= 11 is 0. The molecule has 0 spiro atoms. The lowest BCUT2D eigenvalue weighted by Crippen LogP contribution is -2.37. The monoisotopic (exact) mass is 266 g/mol. The molecule has 0 bridgehead atoms. The molecule has 1 aromatic rings. The lowest BCUT2D eigenvalue weighted by Gasteiger charge is -2.29. The third kappa shape index (κ3) is 1.60. The van der Waals surface area contributed by atoms with Crippen LogP contribution >= 0.6 is 0 Å². The molecule has 0 atom stereocenters. The number of carbonyl (C=O) groups is 1. The lowest BCUT2D eigenvalue weighted by atomic mass is 10.0. The SMILES string of the molecule is CCC1=C(C(N)=O)N(C)S(=O)(=O)c2ccccc21. The van der Waals surface area contributed by atoms with Crippen molar-refractivity contribution >= 4 is 21.5 Å². The Kier molecular flexibility index (Phi) is 2.90. The molecule has 2 rings (SSSR count). The maximum atomic E-state index is 12.3. The first kappa shape index (κ1) is 12.6. The summed E-state index contributed by atoms with van der Waals surface area (Å²) in [6.07, 6.45) is 0.537. The van der Waals surface area contributed by atoms with Crippen molar-refractivity contribution < 1.29 is 13.2 Å². The zero-order valence-corrected chi connectivity index (χ0v) is 11.0. The van der Waals surface area contributed by atoms with Gasteiger partial charge in [-0.2, -0.15) is 0 Å². The topological polar surface area (TPSA) is 80.5 Å². The molecule has 0 aliphatic carbocycles. The van der Waals surface area contributed by atoms with Crippen LogP contribution in [-0.4, -0.2) is 25.7 Å². The van der Waals surface area contributed by atoms with Crippen LogP contribution in [-0.2, 0) is 14.8 Å². The molecule has 1 aliphatic heterocycles. The summed E-state index contributed by atoms with van der Waals surface area (Å²) < 4.78 is 25.5. The van der Waals surface area contributed by atoms with Gasteiger partial charge in [-0.15, -0.1) is 0 Å². The Bertz CT molecular complexity index is 647. The van der Waals surface area contributed by atoms with Gasteiger partial charge in [0, 0.05) is 12.6 Å². The van der Waals surface area contributed by atoms with Crippen LogP contribution in [0.15, 0.2) is 34.9 Å². The van der Waals surface area contributed by atoms with Gasteiger partial charge in [0.2, 0.25) is 0 Å². The number of sulfonamides is 1. The van der Waals surface area contributed by atoms with Gasteiger partial charge in [-0.25, -0.2) is 8.42 Å². The van der Waals surface area contributed by atoms with E-state index in [0.29, 0.717) is 17.6 Å². The summed E-state index contributed by atoms with van der Waals surface area (Å²) in [6, 6.07) is 6.64. The van der Waals surface area contributed by atoms with E-state index in [1.54, 1.807) is 18.2 Å². The summed E-state index contributed by atoms with van der Waals surface area (Å²) in [5.74, 6) is -0.729. The fourth-order valence-electron chi connectivity index (χ4n) is 2.19. The Morgan fingerprint density at radius 3 is 2.50 bits per heavy atom. The number of amides is 1. The minimum absolute atomic E-state index is 0.0520. The highest BCUT2D eigenvalue weighted by atomic mass is 32.2. The van der Waals surface area contributed by atoms with Gasteiger partial charge in [0.05, 0.1) is 4.90 Å². The molecule has 1 aromatic carbocycles. The molecule has 0 unspecified atom stereocenters. The Morgan fingerprint density at radius 2 is 1.94 bits per heavy atom. The Balaban J connectivity index is 2.88. The standard InChI is InChI=1S/C12H14N2O3S/c1-3-8-9-6-4-5-7-10(9)18(16,17)14(2)11(8)12(13)15/h4-7H,3H2,1-2H3,(H2,13,15). The van der Waals surface area contributed by atoms with Crippen molar-refractivity contribution in [1.29, 1.82) is 0 Å². The normalized spacial score (nSPS) is 17.6. The van der Waals surface area contributed by atoms with Crippen molar-refractivity contribution in [2.45, 2.75) is 18.2 Å². The van der Waals surface area contributed by atoms with E-state index in [9.17, 15) is 13.2 Å². The quantitative estimate of drug-likeness (QED) is 0.864. The molecule has 2 N–H and O–H groups in total. The molecular weight excluding hydrogens is 252 g/mol. The van der Waals surface area contributed by atoms with Crippen LogP contribution in [0.5, 0.6) is 0 Å². The fourth-order valence-corrected chi connectivity index (χ4v) is 3.64. The van der Waals surface area contributed by atoms with E-state index < -0.39 is 15.9 Å². The average molecular weight is 266 g/mol. The highest BCUT2D eigenvalue weighted by Crippen LogP contribution is 2.36. The molecule has 5 nitrogen and oxygen atoms in total. The summed E-state index contributed by atoms with van der Waals surface area (Å²) in [5, 5.41) is 0. The number of fused-ring (bicyclic) bond motifs is 1. The van der Waals surface area contributed by atoms with Crippen LogP contribution in [0, 0.1) is 0 Å². The number of nitrogens with zero attached hydrogens (tertiary/aromatic N) is 1. The third-order valence-corrected chi connectivity index (χ3v) is 4.85. The van der Waals surface area contributed by atoms with Crippen molar-refractivity contribution in [3.8, 4) is 0 Å². The second-order valence-corrected chi connectivity index (χ2v) is 5.95. The van der Waals surface area contributed by atoms with Gasteiger partial charge in [0.15, 0.2) is 0 Å². The molecule has 0 saturated carbocycles. The fraction of sp³-hybridized carbons (Fsp3) is 0.250. The Hall–Kier alpha value is -1.82. The first-order valence-corrected chi connectivity index (χ1v) is 6.96. The highest BCUT2D eigenvalue weighted by Gasteiger charge is 2.35. The summed E-state index contributed by atoms with van der Waals surface area (Å²) in [4.78, 5) is 11.7. The second-order valence-electron chi connectivity index (χ2n) is 4.01. The van der Waals surface area contributed by atoms with E-state index in [2.05, 4.69) is 0 Å². The molecule has 0 radical (unpaired) electrons. The van der Waals surface area contributed by atoms with Crippen LogP contribution in [0.4, 0.5) is 0 Å². The van der Waals surface area contributed by atoms with Crippen molar-refractivity contribution in [3.05, 3.63) is 35.5 Å². The lowest BCUT2D eigenvalue weighted by molar-refractivity contribution is -0.115. The number of nitrogens with two attached hydrogens (primary N) is 1. The molecule has 0 saturated heterocycles. The molecule has 96 valence electrons. The third-order valence-electron chi connectivity index (χ3n) is 3.04. The van der Waals surface area contributed by atoms with Gasteiger partial charge in [-0.3, -0.25) is 9.10 Å². The van der Waals surface area contributed by atoms with Crippen LogP contribution in [0.2, 0.25) is 0 Å². The number of primary amides is 1. The summed E-state index contributed by atoms with van der Waals surface area (Å²) in [7, 11) is -2.34. The maximum absolute atomic E-state index is 12.3. The van der Waals surface area contributed by atoms with Crippen molar-refractivity contribution in [3.63, 3.8) is 0 Å². The van der Waals surface area contributed by atoms with E-state index in [0.717, 1.165) is 4.31 Å². The minimum Gasteiger partial charge on any atom is -0.364 e. The molecule has 1 heterocycles. The summed E-state index contributed by atoms with van der Waals surface area (Å²) in [5.41, 5.74) is 6.58. The predicted octanol–water partition coefficient (Wildman–Crippen LogP) is 0.927. The number of hydrogen-bond acceptors (Lipinski definition) is 3. The molecule has 0 fully saturated rings. The smallest absolute Gasteiger partial charge is 0.266 e. The zero-order valence-electron chi connectivity index (χ0n) is 10.2. The van der Waals surface area contributed by atoms with Gasteiger partial charge < -0.3 is 5.73 Å². The largest absolute Gasteiger partial charge is 0.364 e. The minimum atomic E-state index is -3.68. The molecule has 0 aromatic heterocycles.